The van der Waals surface area contributed by atoms with Gasteiger partial charge in [0.1, 0.15) is 17.3 Å². The van der Waals surface area contributed by atoms with Gasteiger partial charge in [0.2, 0.25) is 0 Å². The average Bonchev–Trinajstić information content (AvgIpc) is 2.88. The molecule has 7 heteroatoms. The first kappa shape index (κ1) is 23.9. The van der Waals surface area contributed by atoms with E-state index in [-0.39, 0.29) is 5.56 Å². The van der Waals surface area contributed by atoms with Gasteiger partial charge in [0.05, 0.1) is 37.4 Å². The zero-order chi connectivity index (χ0) is 25.2. The van der Waals surface area contributed by atoms with Crippen molar-refractivity contribution in [2.24, 2.45) is 0 Å². The van der Waals surface area contributed by atoms with E-state index in [9.17, 15) is 4.79 Å². The molecule has 1 aliphatic heterocycles. The molecular weight excluding hydrogens is 452 g/mol. The zero-order valence-electron chi connectivity index (χ0n) is 21.3. The summed E-state index contributed by atoms with van der Waals surface area (Å²) in [6, 6.07) is 22.0. The minimum absolute atomic E-state index is 0.117. The van der Waals surface area contributed by atoms with Crippen LogP contribution in [0.5, 0.6) is 11.5 Å². The van der Waals surface area contributed by atoms with Crippen LogP contribution in [0, 0.1) is 6.92 Å². The average molecular weight is 485 g/mol. The summed E-state index contributed by atoms with van der Waals surface area (Å²) in [5, 5.41) is 0.573. The number of ether oxygens (including phenoxy) is 2. The molecular formula is C29H32N4O3. The lowest BCUT2D eigenvalue weighted by atomic mass is 10.1. The number of anilines is 1. The minimum Gasteiger partial charge on any atom is -0.497 e. The lowest BCUT2D eigenvalue weighted by molar-refractivity contribution is 0.214. The molecule has 36 heavy (non-hydrogen) atoms. The first-order valence-electron chi connectivity index (χ1n) is 12.3. The number of hydrogen-bond donors (Lipinski definition) is 0. The predicted molar refractivity (Wildman–Crippen MR) is 144 cm³/mol. The fourth-order valence-electron chi connectivity index (χ4n) is 5.07. The summed E-state index contributed by atoms with van der Waals surface area (Å²) < 4.78 is 12.8. The van der Waals surface area contributed by atoms with E-state index in [2.05, 4.69) is 47.9 Å². The number of nitrogens with zero attached hydrogens (tertiary/aromatic N) is 4. The summed E-state index contributed by atoms with van der Waals surface area (Å²) in [6.45, 7) is 7.57. The molecule has 0 spiro atoms. The Labute approximate surface area is 211 Å². The first-order chi connectivity index (χ1) is 17.5. The molecule has 3 aromatic carbocycles. The van der Waals surface area contributed by atoms with Gasteiger partial charge in [0.15, 0.2) is 0 Å². The Morgan fingerprint density at radius 1 is 0.972 bits per heavy atom. The molecule has 0 N–H and O–H groups in total. The summed E-state index contributed by atoms with van der Waals surface area (Å²) >= 11 is 0. The van der Waals surface area contributed by atoms with Crippen LogP contribution in [0.25, 0.3) is 16.6 Å². The normalized spacial score (nSPS) is 16.3. The molecule has 1 fully saturated rings. The summed E-state index contributed by atoms with van der Waals surface area (Å²) in [6.07, 6.45) is 0. The number of para-hydroxylation sites is 1. The van der Waals surface area contributed by atoms with Crippen molar-refractivity contribution in [3.8, 4) is 17.2 Å². The van der Waals surface area contributed by atoms with Crippen LogP contribution < -0.4 is 19.9 Å². The Balaban J connectivity index is 1.53. The van der Waals surface area contributed by atoms with Crippen molar-refractivity contribution in [3.05, 3.63) is 88.5 Å². The van der Waals surface area contributed by atoms with Gasteiger partial charge >= 0.3 is 0 Å². The number of fused-ring (bicyclic) bond motifs is 1. The summed E-state index contributed by atoms with van der Waals surface area (Å²) in [5.74, 6) is 1.92. The van der Waals surface area contributed by atoms with E-state index in [0.29, 0.717) is 46.5 Å². The van der Waals surface area contributed by atoms with Gasteiger partial charge in [-0.25, -0.2) is 4.98 Å². The highest BCUT2D eigenvalue weighted by atomic mass is 16.5. The second-order valence-corrected chi connectivity index (χ2v) is 9.34. The Morgan fingerprint density at radius 3 is 2.56 bits per heavy atom. The fourth-order valence-corrected chi connectivity index (χ4v) is 5.07. The lowest BCUT2D eigenvalue weighted by Crippen LogP contribution is -2.52. The van der Waals surface area contributed by atoms with E-state index < -0.39 is 0 Å². The van der Waals surface area contributed by atoms with Gasteiger partial charge in [-0.05, 0) is 55.8 Å². The van der Waals surface area contributed by atoms with Gasteiger partial charge in [-0.15, -0.1) is 0 Å². The van der Waals surface area contributed by atoms with Gasteiger partial charge in [-0.3, -0.25) is 14.3 Å². The van der Waals surface area contributed by atoms with Crippen molar-refractivity contribution in [2.75, 3.05) is 38.8 Å². The van der Waals surface area contributed by atoms with Crippen LogP contribution in [0.1, 0.15) is 18.3 Å². The number of rotatable bonds is 6. The number of methoxy groups -OCH3 is 2. The molecule has 0 amide bonds. The number of aryl methyl sites for hydroxylation is 1. The van der Waals surface area contributed by atoms with Crippen LogP contribution in [-0.2, 0) is 6.54 Å². The van der Waals surface area contributed by atoms with Crippen LogP contribution in [0.4, 0.5) is 5.69 Å². The minimum atomic E-state index is -0.117. The third kappa shape index (κ3) is 4.54. The summed E-state index contributed by atoms with van der Waals surface area (Å²) in [7, 11) is 3.22. The summed E-state index contributed by atoms with van der Waals surface area (Å²) in [4.78, 5) is 23.6. The van der Waals surface area contributed by atoms with E-state index in [1.54, 1.807) is 18.8 Å². The molecule has 0 aliphatic carbocycles. The van der Waals surface area contributed by atoms with Crippen LogP contribution in [0.15, 0.2) is 71.5 Å². The monoisotopic (exact) mass is 484 g/mol. The van der Waals surface area contributed by atoms with E-state index in [1.165, 1.54) is 11.3 Å². The third-order valence-corrected chi connectivity index (χ3v) is 6.88. The molecule has 186 valence electrons. The van der Waals surface area contributed by atoms with Crippen molar-refractivity contribution in [3.63, 3.8) is 0 Å². The molecule has 1 aliphatic rings. The Morgan fingerprint density at radius 2 is 1.81 bits per heavy atom. The molecule has 0 unspecified atom stereocenters. The maximum Gasteiger partial charge on any atom is 0.266 e. The van der Waals surface area contributed by atoms with Gasteiger partial charge < -0.3 is 14.4 Å². The number of aromatic nitrogens is 2. The number of hydrogen-bond acceptors (Lipinski definition) is 6. The van der Waals surface area contributed by atoms with E-state index in [0.717, 1.165) is 19.6 Å². The smallest absolute Gasteiger partial charge is 0.266 e. The Kier molecular flexibility index (Phi) is 6.65. The summed E-state index contributed by atoms with van der Waals surface area (Å²) in [5.41, 5.74) is 3.72. The molecule has 5 rings (SSSR count). The molecule has 7 nitrogen and oxygen atoms in total. The third-order valence-electron chi connectivity index (χ3n) is 6.88. The van der Waals surface area contributed by atoms with Gasteiger partial charge in [-0.2, -0.15) is 0 Å². The predicted octanol–water partition coefficient (Wildman–Crippen LogP) is 4.42. The second-order valence-electron chi connectivity index (χ2n) is 9.34. The van der Waals surface area contributed by atoms with E-state index >= 15 is 0 Å². The first-order valence-corrected chi connectivity index (χ1v) is 12.3. The van der Waals surface area contributed by atoms with Crippen molar-refractivity contribution < 1.29 is 9.47 Å². The molecule has 1 atom stereocenters. The van der Waals surface area contributed by atoms with Gasteiger partial charge in [0, 0.05) is 37.4 Å². The highest BCUT2D eigenvalue weighted by molar-refractivity contribution is 5.78. The largest absolute Gasteiger partial charge is 0.497 e. The molecule has 0 radical (unpaired) electrons. The number of piperazine rings is 1. The highest BCUT2D eigenvalue weighted by Gasteiger charge is 2.26. The van der Waals surface area contributed by atoms with Crippen molar-refractivity contribution in [1.82, 2.24) is 14.5 Å². The molecule has 4 aromatic rings. The van der Waals surface area contributed by atoms with Crippen molar-refractivity contribution in [1.29, 1.82) is 0 Å². The Hall–Kier alpha value is -3.84. The van der Waals surface area contributed by atoms with Gasteiger partial charge in [0.25, 0.3) is 5.56 Å². The zero-order valence-corrected chi connectivity index (χ0v) is 21.3. The van der Waals surface area contributed by atoms with Crippen molar-refractivity contribution in [2.45, 2.75) is 26.4 Å². The van der Waals surface area contributed by atoms with Crippen LogP contribution in [-0.4, -0.2) is 54.3 Å². The number of benzene rings is 3. The lowest BCUT2D eigenvalue weighted by Gasteiger charge is -2.41. The molecule has 1 saturated heterocycles. The molecule has 0 bridgehead atoms. The van der Waals surface area contributed by atoms with Gasteiger partial charge in [-0.1, -0.05) is 24.3 Å². The topological polar surface area (TPSA) is 59.8 Å². The fraction of sp³-hybridized carbons (Fsp3) is 0.310. The maximum atomic E-state index is 13.8. The highest BCUT2D eigenvalue weighted by Crippen LogP contribution is 2.29. The SMILES string of the molecule is COc1ccc(OC)c(-n2c(CN3CCN(c4cccc(C)c4)[C@H](C)C3)nc3ccccc3c2=O)c1. The quantitative estimate of drug-likeness (QED) is 0.404. The van der Waals surface area contributed by atoms with Crippen LogP contribution >= 0.6 is 0 Å². The van der Waals surface area contributed by atoms with E-state index in [4.69, 9.17) is 14.5 Å². The Bertz CT molecular complexity index is 1450. The molecule has 2 heterocycles. The van der Waals surface area contributed by atoms with Crippen LogP contribution in [0.2, 0.25) is 0 Å². The molecule has 0 saturated carbocycles. The standard InChI is InChI=1S/C29H32N4O3/c1-20-8-7-9-22(16-20)32-15-14-31(18-21(32)2)19-28-30-25-11-6-5-10-24(25)29(34)33(28)26-17-23(35-3)12-13-27(26)36-4/h5-13,16-17,21H,14-15,18-19H2,1-4H3/t21-/m1/s1. The van der Waals surface area contributed by atoms with E-state index in [1.807, 2.05) is 42.5 Å². The molecule has 1 aromatic heterocycles. The van der Waals surface area contributed by atoms with Crippen molar-refractivity contribution >= 4 is 16.6 Å². The second kappa shape index (κ2) is 10.0. The van der Waals surface area contributed by atoms with Crippen LogP contribution in [0.3, 0.4) is 0 Å². The maximum absolute atomic E-state index is 13.8.